The molecule has 0 saturated heterocycles. The molecule has 0 radical (unpaired) electrons. The lowest BCUT2D eigenvalue weighted by atomic mass is 10.2. The highest BCUT2D eigenvalue weighted by molar-refractivity contribution is 5.77. The van der Waals surface area contributed by atoms with Gasteiger partial charge >= 0.3 is 0 Å². The van der Waals surface area contributed by atoms with Crippen LogP contribution in [0.5, 0.6) is 11.5 Å². The van der Waals surface area contributed by atoms with E-state index < -0.39 is 0 Å². The zero-order valence-electron chi connectivity index (χ0n) is 20.3. The summed E-state index contributed by atoms with van der Waals surface area (Å²) in [5.41, 5.74) is 3.35. The van der Waals surface area contributed by atoms with E-state index in [0.717, 1.165) is 54.8 Å². The maximum absolute atomic E-state index is 12.0. The van der Waals surface area contributed by atoms with Gasteiger partial charge in [0.25, 0.3) is 5.91 Å². The van der Waals surface area contributed by atoms with Gasteiger partial charge in [-0.2, -0.15) is 0 Å². The molecule has 0 aliphatic carbocycles. The number of hydrogen-bond donors (Lipinski definition) is 1. The largest absolute Gasteiger partial charge is 0.492 e. The van der Waals surface area contributed by atoms with Crippen LogP contribution in [0.2, 0.25) is 0 Å². The van der Waals surface area contributed by atoms with Crippen molar-refractivity contribution >= 4 is 16.9 Å². The van der Waals surface area contributed by atoms with Crippen LogP contribution < -0.4 is 14.8 Å². The Balaban J connectivity index is 1.21. The van der Waals surface area contributed by atoms with Crippen LogP contribution in [0.4, 0.5) is 0 Å². The Morgan fingerprint density at radius 3 is 2.54 bits per heavy atom. The molecule has 0 saturated carbocycles. The number of carbonyl (C=O) groups excluding carboxylic acids is 1. The van der Waals surface area contributed by atoms with Crippen molar-refractivity contribution in [3.8, 4) is 11.5 Å². The van der Waals surface area contributed by atoms with E-state index in [9.17, 15) is 4.79 Å². The average molecular weight is 472 g/mol. The first-order valence-corrected chi connectivity index (χ1v) is 12.3. The fraction of sp³-hybridized carbons (Fsp3) is 0.310. The Labute approximate surface area is 206 Å². The van der Waals surface area contributed by atoms with Crippen LogP contribution in [-0.2, 0) is 17.8 Å². The third-order valence-corrected chi connectivity index (χ3v) is 5.82. The van der Waals surface area contributed by atoms with Crippen LogP contribution in [0, 0.1) is 6.92 Å². The number of unbranched alkanes of at least 4 members (excludes halogenated alkanes) is 2. The van der Waals surface area contributed by atoms with Crippen molar-refractivity contribution in [2.75, 3.05) is 19.8 Å². The summed E-state index contributed by atoms with van der Waals surface area (Å²) in [6.07, 6.45) is 3.85. The number of aromatic nitrogens is 2. The number of aryl methyl sites for hydroxylation is 2. The normalized spacial score (nSPS) is 10.9. The minimum atomic E-state index is -0.0933. The van der Waals surface area contributed by atoms with Crippen LogP contribution in [0.3, 0.4) is 0 Å². The predicted molar refractivity (Wildman–Crippen MR) is 139 cm³/mol. The number of para-hydroxylation sites is 3. The fourth-order valence-corrected chi connectivity index (χ4v) is 4.05. The second-order valence-corrected chi connectivity index (χ2v) is 8.60. The number of nitrogens with zero attached hydrogens (tertiary/aromatic N) is 2. The molecule has 0 bridgehead atoms. The Morgan fingerprint density at radius 1 is 0.886 bits per heavy atom. The summed E-state index contributed by atoms with van der Waals surface area (Å²) in [4.78, 5) is 16.8. The molecule has 3 aromatic carbocycles. The second kappa shape index (κ2) is 12.6. The van der Waals surface area contributed by atoms with Gasteiger partial charge in [-0.1, -0.05) is 48.9 Å². The van der Waals surface area contributed by atoms with Crippen molar-refractivity contribution in [3.63, 3.8) is 0 Å². The maximum atomic E-state index is 12.0. The average Bonchev–Trinajstić information content (AvgIpc) is 3.23. The number of carbonyl (C=O) groups is 1. The van der Waals surface area contributed by atoms with Crippen molar-refractivity contribution in [1.82, 2.24) is 14.9 Å². The first kappa shape index (κ1) is 24.3. The van der Waals surface area contributed by atoms with Gasteiger partial charge in [0.2, 0.25) is 0 Å². The van der Waals surface area contributed by atoms with E-state index in [1.54, 1.807) is 0 Å². The molecule has 1 N–H and O–H groups in total. The minimum Gasteiger partial charge on any atom is -0.492 e. The lowest BCUT2D eigenvalue weighted by Crippen LogP contribution is -2.29. The molecule has 4 rings (SSSR count). The van der Waals surface area contributed by atoms with Gasteiger partial charge in [0, 0.05) is 13.0 Å². The summed E-state index contributed by atoms with van der Waals surface area (Å²) >= 11 is 0. The molecular weight excluding hydrogens is 438 g/mol. The number of ether oxygens (including phenoxy) is 2. The Bertz CT molecular complexity index is 1220. The summed E-state index contributed by atoms with van der Waals surface area (Å²) in [5.74, 6) is 2.59. The third-order valence-electron chi connectivity index (χ3n) is 5.82. The molecule has 6 nitrogen and oxygen atoms in total. The Kier molecular flexibility index (Phi) is 8.76. The van der Waals surface area contributed by atoms with Crippen molar-refractivity contribution < 1.29 is 14.3 Å². The van der Waals surface area contributed by atoms with E-state index >= 15 is 0 Å². The van der Waals surface area contributed by atoms with E-state index in [1.165, 1.54) is 5.56 Å². The summed E-state index contributed by atoms with van der Waals surface area (Å²) in [7, 11) is 0. The van der Waals surface area contributed by atoms with Gasteiger partial charge in [0.15, 0.2) is 6.61 Å². The molecule has 182 valence electrons. The highest BCUT2D eigenvalue weighted by Gasteiger charge is 2.10. The number of amides is 1. The van der Waals surface area contributed by atoms with Crippen molar-refractivity contribution in [2.24, 2.45) is 0 Å². The molecule has 1 heterocycles. The van der Waals surface area contributed by atoms with Gasteiger partial charge in [-0.3, -0.25) is 4.79 Å². The fourth-order valence-electron chi connectivity index (χ4n) is 4.05. The predicted octanol–water partition coefficient (Wildman–Crippen LogP) is 5.33. The van der Waals surface area contributed by atoms with Gasteiger partial charge in [-0.25, -0.2) is 4.98 Å². The van der Waals surface area contributed by atoms with E-state index in [1.807, 2.05) is 48.5 Å². The molecule has 0 fully saturated rings. The Hall–Kier alpha value is -3.80. The number of hydrogen-bond acceptors (Lipinski definition) is 4. The Morgan fingerprint density at radius 2 is 1.69 bits per heavy atom. The van der Waals surface area contributed by atoms with E-state index in [-0.39, 0.29) is 12.5 Å². The number of rotatable bonds is 13. The first-order valence-electron chi connectivity index (χ1n) is 12.3. The van der Waals surface area contributed by atoms with Crippen LogP contribution >= 0.6 is 0 Å². The van der Waals surface area contributed by atoms with Gasteiger partial charge in [-0.15, -0.1) is 0 Å². The van der Waals surface area contributed by atoms with Crippen molar-refractivity contribution in [1.29, 1.82) is 0 Å². The summed E-state index contributed by atoms with van der Waals surface area (Å²) in [6.45, 7) is 4.10. The van der Waals surface area contributed by atoms with Gasteiger partial charge in [0.1, 0.15) is 23.9 Å². The molecule has 6 heteroatoms. The standard InChI is InChI=1S/C29H33N3O3/c1-23-11-10-14-25(21-23)34-20-19-32-27-16-8-7-15-26(27)31-28(32)17-6-3-9-18-30-29(33)22-35-24-12-4-2-5-13-24/h2,4-5,7-8,10-16,21H,3,6,9,17-20,22H2,1H3,(H,30,33). The molecule has 1 amide bonds. The number of benzene rings is 3. The van der Waals surface area contributed by atoms with Gasteiger partial charge < -0.3 is 19.4 Å². The summed E-state index contributed by atoms with van der Waals surface area (Å²) in [5, 5.41) is 2.93. The van der Waals surface area contributed by atoms with Crippen molar-refractivity contribution in [3.05, 3.63) is 90.3 Å². The molecule has 0 atom stereocenters. The number of fused-ring (bicyclic) bond motifs is 1. The quantitative estimate of drug-likeness (QED) is 0.268. The monoisotopic (exact) mass is 471 g/mol. The SMILES string of the molecule is Cc1cccc(OCCn2c(CCCCCNC(=O)COc3ccccc3)nc3ccccc32)c1. The van der Waals surface area contributed by atoms with E-state index in [4.69, 9.17) is 14.5 Å². The minimum absolute atomic E-state index is 0.0403. The second-order valence-electron chi connectivity index (χ2n) is 8.60. The molecule has 0 aliphatic rings. The van der Waals surface area contributed by atoms with Crippen LogP contribution in [0.1, 0.15) is 30.7 Å². The van der Waals surface area contributed by atoms with Crippen molar-refractivity contribution in [2.45, 2.75) is 39.2 Å². The molecular formula is C29H33N3O3. The van der Waals surface area contributed by atoms with Gasteiger partial charge in [0.05, 0.1) is 17.6 Å². The number of nitrogens with one attached hydrogen (secondary N) is 1. The van der Waals surface area contributed by atoms with Gasteiger partial charge in [-0.05, 0) is 61.7 Å². The van der Waals surface area contributed by atoms with Crippen LogP contribution in [0.25, 0.3) is 11.0 Å². The molecule has 35 heavy (non-hydrogen) atoms. The summed E-state index contributed by atoms with van der Waals surface area (Å²) in [6, 6.07) is 25.8. The highest BCUT2D eigenvalue weighted by atomic mass is 16.5. The lowest BCUT2D eigenvalue weighted by Gasteiger charge is -2.11. The zero-order chi connectivity index (χ0) is 24.3. The first-order chi connectivity index (χ1) is 17.2. The van der Waals surface area contributed by atoms with Crippen LogP contribution in [0.15, 0.2) is 78.9 Å². The highest BCUT2D eigenvalue weighted by Crippen LogP contribution is 2.19. The molecule has 4 aromatic rings. The van der Waals surface area contributed by atoms with E-state index in [0.29, 0.717) is 18.9 Å². The smallest absolute Gasteiger partial charge is 0.257 e. The van der Waals surface area contributed by atoms with E-state index in [2.05, 4.69) is 47.1 Å². The molecule has 0 aliphatic heterocycles. The number of imidazole rings is 1. The molecule has 0 spiro atoms. The van der Waals surface area contributed by atoms with Crippen LogP contribution in [-0.4, -0.2) is 35.2 Å². The maximum Gasteiger partial charge on any atom is 0.257 e. The summed E-state index contributed by atoms with van der Waals surface area (Å²) < 4.78 is 13.7. The topological polar surface area (TPSA) is 65.4 Å². The lowest BCUT2D eigenvalue weighted by molar-refractivity contribution is -0.123. The molecule has 0 unspecified atom stereocenters. The third kappa shape index (κ3) is 7.34. The molecule has 1 aromatic heterocycles. The zero-order valence-corrected chi connectivity index (χ0v) is 20.3.